The summed E-state index contributed by atoms with van der Waals surface area (Å²) < 4.78 is 6.24. The van der Waals surface area contributed by atoms with E-state index in [-0.39, 0.29) is 24.8 Å². The van der Waals surface area contributed by atoms with Gasteiger partial charge in [0.05, 0.1) is 12.3 Å². The van der Waals surface area contributed by atoms with Crippen LogP contribution in [0.3, 0.4) is 0 Å². The van der Waals surface area contributed by atoms with Crippen LogP contribution in [-0.4, -0.2) is 40.0 Å². The summed E-state index contributed by atoms with van der Waals surface area (Å²) in [6, 6.07) is -0.587. The molecule has 0 radical (unpaired) electrons. The van der Waals surface area contributed by atoms with Gasteiger partial charge in [-0.15, -0.1) is 5.10 Å². The molecule has 1 aromatic heterocycles. The van der Waals surface area contributed by atoms with Crippen molar-refractivity contribution in [2.75, 3.05) is 13.2 Å². The largest absolute Gasteiger partial charge is 0.461 e. The number of carbonyl (C=O) groups excluding carboxylic acids is 2. The van der Waals surface area contributed by atoms with Crippen LogP contribution in [-0.2, 0) is 16.1 Å². The van der Waals surface area contributed by atoms with E-state index in [1.807, 2.05) is 6.92 Å². The van der Waals surface area contributed by atoms with Gasteiger partial charge in [-0.05, 0) is 20.3 Å². The second kappa shape index (κ2) is 7.59. The van der Waals surface area contributed by atoms with Gasteiger partial charge in [-0.1, -0.05) is 12.1 Å². The van der Waals surface area contributed by atoms with Crippen LogP contribution in [0.15, 0.2) is 0 Å². The molecule has 1 aromatic rings. The Morgan fingerprint density at radius 3 is 2.70 bits per heavy atom. The highest BCUT2D eigenvalue weighted by Gasteiger charge is 2.25. The van der Waals surface area contributed by atoms with E-state index in [1.165, 1.54) is 4.68 Å². The van der Waals surface area contributed by atoms with E-state index < -0.39 is 12.0 Å². The minimum absolute atomic E-state index is 0.0482. The molecule has 0 fully saturated rings. The van der Waals surface area contributed by atoms with Gasteiger partial charge in [-0.25, -0.2) is 9.48 Å². The molecule has 112 valence electrons. The number of nitrogens with one attached hydrogen (secondary N) is 1. The van der Waals surface area contributed by atoms with E-state index >= 15 is 0 Å². The van der Waals surface area contributed by atoms with Crippen molar-refractivity contribution in [1.29, 1.82) is 0 Å². The predicted molar refractivity (Wildman–Crippen MR) is 71.9 cm³/mol. The van der Waals surface area contributed by atoms with Crippen molar-refractivity contribution in [3.8, 4) is 0 Å². The molecule has 1 unspecified atom stereocenters. The number of ether oxygens (including phenoxy) is 1. The van der Waals surface area contributed by atoms with Gasteiger partial charge in [0.15, 0.2) is 5.69 Å². The van der Waals surface area contributed by atoms with E-state index in [0.717, 1.165) is 6.42 Å². The molecule has 3 N–H and O–H groups in total. The number of nitrogens with zero attached hydrogens (tertiary/aromatic N) is 3. The first-order valence-corrected chi connectivity index (χ1v) is 6.65. The highest BCUT2D eigenvalue weighted by molar-refractivity contribution is 5.88. The number of hydrogen-bond acceptors (Lipinski definition) is 6. The normalized spacial score (nSPS) is 12.0. The number of hydrogen-bond donors (Lipinski definition) is 2. The van der Waals surface area contributed by atoms with E-state index in [1.54, 1.807) is 13.8 Å². The summed E-state index contributed by atoms with van der Waals surface area (Å²) in [5.41, 5.74) is 6.08. The van der Waals surface area contributed by atoms with Crippen LogP contribution < -0.4 is 11.1 Å². The minimum atomic E-state index is -0.587. The van der Waals surface area contributed by atoms with Crippen molar-refractivity contribution < 1.29 is 14.3 Å². The highest BCUT2D eigenvalue weighted by Crippen LogP contribution is 2.13. The van der Waals surface area contributed by atoms with Crippen molar-refractivity contribution in [3.05, 3.63) is 11.4 Å². The van der Waals surface area contributed by atoms with E-state index in [9.17, 15) is 9.59 Å². The first-order valence-electron chi connectivity index (χ1n) is 6.65. The molecule has 1 rings (SSSR count). The van der Waals surface area contributed by atoms with Gasteiger partial charge in [-0.3, -0.25) is 4.79 Å². The zero-order chi connectivity index (χ0) is 15.1. The predicted octanol–water partition coefficient (Wildman–Crippen LogP) is 0.000700. The smallest absolute Gasteiger partial charge is 0.360 e. The lowest BCUT2D eigenvalue weighted by molar-refractivity contribution is -0.124. The number of nitrogens with two attached hydrogens (primary N) is 1. The molecule has 20 heavy (non-hydrogen) atoms. The zero-order valence-electron chi connectivity index (χ0n) is 12.0. The van der Waals surface area contributed by atoms with Crippen molar-refractivity contribution in [3.63, 3.8) is 0 Å². The monoisotopic (exact) mass is 283 g/mol. The molecule has 0 bridgehead atoms. The van der Waals surface area contributed by atoms with Crippen molar-refractivity contribution in [2.45, 2.75) is 39.8 Å². The van der Waals surface area contributed by atoms with Crippen LogP contribution in [0.2, 0.25) is 0 Å². The number of rotatable bonds is 7. The van der Waals surface area contributed by atoms with E-state index in [2.05, 4.69) is 15.6 Å². The summed E-state index contributed by atoms with van der Waals surface area (Å²) in [5, 5.41) is 10.4. The molecule has 1 atom stereocenters. The number of carbonyl (C=O) groups is 2. The summed E-state index contributed by atoms with van der Waals surface area (Å²) >= 11 is 0. The Morgan fingerprint density at radius 1 is 1.45 bits per heavy atom. The molecule has 1 heterocycles. The second-order valence-electron chi connectivity index (χ2n) is 4.22. The Balaban J connectivity index is 2.95. The molecular formula is C12H21N5O3. The molecule has 8 nitrogen and oxygen atoms in total. The van der Waals surface area contributed by atoms with E-state index in [0.29, 0.717) is 12.2 Å². The SMILES string of the molecule is CCCNC(=O)C(C)n1nnc(C(=O)OCC)c1CN. The molecule has 0 aromatic carbocycles. The highest BCUT2D eigenvalue weighted by atomic mass is 16.5. The Hall–Kier alpha value is -1.96. The van der Waals surface area contributed by atoms with Crippen LogP contribution in [0.1, 0.15) is 49.4 Å². The van der Waals surface area contributed by atoms with Crippen LogP contribution in [0, 0.1) is 0 Å². The standard InChI is InChI=1S/C12H21N5O3/c1-4-6-14-11(18)8(3)17-9(7-13)10(15-16-17)12(19)20-5-2/h8H,4-7,13H2,1-3H3,(H,14,18). The summed E-state index contributed by atoms with van der Waals surface area (Å²) in [4.78, 5) is 23.6. The molecule has 1 amide bonds. The Morgan fingerprint density at radius 2 is 2.15 bits per heavy atom. The van der Waals surface area contributed by atoms with Crippen LogP contribution in [0.4, 0.5) is 0 Å². The minimum Gasteiger partial charge on any atom is -0.461 e. The maximum Gasteiger partial charge on any atom is 0.360 e. The molecule has 0 spiro atoms. The van der Waals surface area contributed by atoms with Gasteiger partial charge in [0.25, 0.3) is 0 Å². The molecule has 0 saturated heterocycles. The summed E-state index contributed by atoms with van der Waals surface area (Å²) in [6.07, 6.45) is 0.841. The fourth-order valence-electron chi connectivity index (χ4n) is 1.68. The topological polar surface area (TPSA) is 112 Å². The Kier molecular flexibility index (Phi) is 6.10. The van der Waals surface area contributed by atoms with Gasteiger partial charge < -0.3 is 15.8 Å². The first kappa shape index (κ1) is 16.1. The summed E-state index contributed by atoms with van der Waals surface area (Å²) in [7, 11) is 0. The first-order chi connectivity index (χ1) is 9.56. The van der Waals surface area contributed by atoms with Gasteiger partial charge in [0.1, 0.15) is 6.04 Å². The zero-order valence-corrected chi connectivity index (χ0v) is 12.0. The molecule has 0 saturated carbocycles. The lowest BCUT2D eigenvalue weighted by atomic mass is 10.2. The van der Waals surface area contributed by atoms with Crippen LogP contribution in [0.5, 0.6) is 0 Å². The number of amides is 1. The molecular weight excluding hydrogens is 262 g/mol. The van der Waals surface area contributed by atoms with Gasteiger partial charge in [-0.2, -0.15) is 0 Å². The maximum atomic E-state index is 11.9. The Labute approximate surface area is 117 Å². The maximum absolute atomic E-state index is 11.9. The van der Waals surface area contributed by atoms with Crippen molar-refractivity contribution >= 4 is 11.9 Å². The third kappa shape index (κ3) is 3.53. The Bertz CT molecular complexity index is 472. The molecule has 0 aliphatic carbocycles. The molecule has 8 heteroatoms. The third-order valence-corrected chi connectivity index (χ3v) is 2.75. The fourth-order valence-corrected chi connectivity index (χ4v) is 1.68. The average molecular weight is 283 g/mol. The number of esters is 1. The van der Waals surface area contributed by atoms with Gasteiger partial charge >= 0.3 is 5.97 Å². The second-order valence-corrected chi connectivity index (χ2v) is 4.22. The summed E-state index contributed by atoms with van der Waals surface area (Å²) in [6.45, 7) is 6.21. The van der Waals surface area contributed by atoms with Crippen molar-refractivity contribution in [2.24, 2.45) is 5.73 Å². The van der Waals surface area contributed by atoms with E-state index in [4.69, 9.17) is 10.5 Å². The van der Waals surface area contributed by atoms with Crippen LogP contribution >= 0.6 is 0 Å². The van der Waals surface area contributed by atoms with Gasteiger partial charge in [0.2, 0.25) is 5.91 Å². The van der Waals surface area contributed by atoms with Crippen molar-refractivity contribution in [1.82, 2.24) is 20.3 Å². The quantitative estimate of drug-likeness (QED) is 0.681. The summed E-state index contributed by atoms with van der Waals surface area (Å²) in [5.74, 6) is -0.776. The molecule has 0 aliphatic rings. The van der Waals surface area contributed by atoms with Crippen LogP contribution in [0.25, 0.3) is 0 Å². The lowest BCUT2D eigenvalue weighted by Crippen LogP contribution is -2.33. The lowest BCUT2D eigenvalue weighted by Gasteiger charge is -2.14. The number of aromatic nitrogens is 3. The third-order valence-electron chi connectivity index (χ3n) is 2.75. The van der Waals surface area contributed by atoms with Gasteiger partial charge in [0, 0.05) is 13.1 Å². The fraction of sp³-hybridized carbons (Fsp3) is 0.667. The average Bonchev–Trinajstić information content (AvgIpc) is 2.87. The molecule has 0 aliphatic heterocycles.